The number of hydrogen-bond donors (Lipinski definition) is 0. The number of amides is 1. The Morgan fingerprint density at radius 2 is 2.19 bits per heavy atom. The van der Waals surface area contributed by atoms with Gasteiger partial charge in [-0.1, -0.05) is 12.1 Å². The smallest absolute Gasteiger partial charge is 0.239 e. The Kier molecular flexibility index (Phi) is 5.62. The van der Waals surface area contributed by atoms with Gasteiger partial charge in [0.2, 0.25) is 5.91 Å². The van der Waals surface area contributed by atoms with Gasteiger partial charge >= 0.3 is 0 Å². The largest absolute Gasteiger partial charge is 0.494 e. The lowest BCUT2D eigenvalue weighted by Crippen LogP contribution is -2.33. The molecule has 0 saturated carbocycles. The molecule has 4 heteroatoms. The summed E-state index contributed by atoms with van der Waals surface area (Å²) in [5.74, 6) is 0.309. The molecule has 1 aromatic carbocycles. The van der Waals surface area contributed by atoms with Crippen LogP contribution in [0.25, 0.3) is 0 Å². The monoisotopic (exact) mass is 286 g/mol. The van der Waals surface area contributed by atoms with Crippen LogP contribution in [0, 0.1) is 24.2 Å². The quantitative estimate of drug-likeness (QED) is 0.756. The van der Waals surface area contributed by atoms with Crippen LogP contribution >= 0.6 is 0 Å². The predicted molar refractivity (Wildman–Crippen MR) is 80.8 cm³/mol. The number of rotatable bonds is 6. The highest BCUT2D eigenvalue weighted by molar-refractivity contribution is 5.81. The van der Waals surface area contributed by atoms with Crippen LogP contribution in [-0.4, -0.2) is 30.5 Å². The minimum atomic E-state index is -0.524. The molecule has 1 amide bonds. The van der Waals surface area contributed by atoms with Crippen molar-refractivity contribution in [3.05, 3.63) is 29.8 Å². The molecular weight excluding hydrogens is 264 g/mol. The highest BCUT2D eigenvalue weighted by Crippen LogP contribution is 2.17. The Bertz CT molecular complexity index is 516. The zero-order valence-electron chi connectivity index (χ0n) is 12.5. The van der Waals surface area contributed by atoms with E-state index < -0.39 is 5.92 Å². The minimum Gasteiger partial charge on any atom is -0.494 e. The van der Waals surface area contributed by atoms with E-state index in [4.69, 9.17) is 4.74 Å². The molecule has 1 aromatic rings. The first-order chi connectivity index (χ1) is 10.2. The Morgan fingerprint density at radius 3 is 2.86 bits per heavy atom. The number of aryl methyl sites for hydroxylation is 1. The summed E-state index contributed by atoms with van der Waals surface area (Å²) in [5, 5.41) is 9.17. The zero-order chi connectivity index (χ0) is 15.1. The SMILES string of the molecule is Cc1cccc(OCCCC(C#N)C(=O)N2CCCC2)c1. The van der Waals surface area contributed by atoms with Crippen LogP contribution < -0.4 is 4.74 Å². The first-order valence-electron chi connectivity index (χ1n) is 7.58. The Hall–Kier alpha value is -2.02. The summed E-state index contributed by atoms with van der Waals surface area (Å²) in [6.07, 6.45) is 3.39. The van der Waals surface area contributed by atoms with Crippen molar-refractivity contribution in [2.24, 2.45) is 5.92 Å². The van der Waals surface area contributed by atoms with E-state index in [0.717, 1.165) is 37.2 Å². The molecule has 1 atom stereocenters. The van der Waals surface area contributed by atoms with Crippen molar-refractivity contribution < 1.29 is 9.53 Å². The fraction of sp³-hybridized carbons (Fsp3) is 0.529. The van der Waals surface area contributed by atoms with E-state index in [1.54, 1.807) is 0 Å². The number of likely N-dealkylation sites (tertiary alicyclic amines) is 1. The standard InChI is InChI=1S/C17H22N2O2/c1-14-6-4-8-16(12-14)21-11-5-7-15(13-18)17(20)19-9-2-3-10-19/h4,6,8,12,15H,2-3,5,7,9-11H2,1H3. The lowest BCUT2D eigenvalue weighted by atomic mass is 10.0. The van der Waals surface area contributed by atoms with Crippen LogP contribution in [0.2, 0.25) is 0 Å². The van der Waals surface area contributed by atoms with Crippen molar-refractivity contribution in [3.8, 4) is 11.8 Å². The van der Waals surface area contributed by atoms with Gasteiger partial charge in [-0.2, -0.15) is 5.26 Å². The normalized spacial score (nSPS) is 15.5. The highest BCUT2D eigenvalue weighted by atomic mass is 16.5. The van der Waals surface area contributed by atoms with Gasteiger partial charge in [0.25, 0.3) is 0 Å². The lowest BCUT2D eigenvalue weighted by Gasteiger charge is -2.18. The molecule has 0 bridgehead atoms. The molecule has 1 unspecified atom stereocenters. The molecule has 21 heavy (non-hydrogen) atoms. The molecule has 0 spiro atoms. The van der Waals surface area contributed by atoms with Crippen LogP contribution in [-0.2, 0) is 4.79 Å². The van der Waals surface area contributed by atoms with Crippen LogP contribution in [0.5, 0.6) is 5.75 Å². The van der Waals surface area contributed by atoms with Crippen molar-refractivity contribution >= 4 is 5.91 Å². The molecule has 4 nitrogen and oxygen atoms in total. The number of ether oxygens (including phenoxy) is 1. The van der Waals surface area contributed by atoms with Gasteiger partial charge in [0.15, 0.2) is 0 Å². The molecule has 1 heterocycles. The van der Waals surface area contributed by atoms with E-state index in [1.165, 1.54) is 0 Å². The van der Waals surface area contributed by atoms with Crippen molar-refractivity contribution in [1.29, 1.82) is 5.26 Å². The maximum Gasteiger partial charge on any atom is 0.239 e. The van der Waals surface area contributed by atoms with Crippen molar-refractivity contribution in [2.45, 2.75) is 32.6 Å². The van der Waals surface area contributed by atoms with Gasteiger partial charge in [0, 0.05) is 13.1 Å². The van der Waals surface area contributed by atoms with Gasteiger partial charge in [0.1, 0.15) is 11.7 Å². The number of nitriles is 1. The summed E-state index contributed by atoms with van der Waals surface area (Å²) in [6, 6.07) is 10.0. The molecule has 1 aliphatic heterocycles. The third-order valence-electron chi connectivity index (χ3n) is 3.77. The molecule has 0 radical (unpaired) electrons. The number of nitrogens with zero attached hydrogens (tertiary/aromatic N) is 2. The summed E-state index contributed by atoms with van der Waals surface area (Å²) >= 11 is 0. The topological polar surface area (TPSA) is 53.3 Å². The number of carbonyl (C=O) groups excluding carboxylic acids is 1. The molecule has 2 rings (SSSR count). The van der Waals surface area contributed by atoms with E-state index in [2.05, 4.69) is 6.07 Å². The highest BCUT2D eigenvalue weighted by Gasteiger charge is 2.25. The van der Waals surface area contributed by atoms with Crippen molar-refractivity contribution in [1.82, 2.24) is 4.90 Å². The average molecular weight is 286 g/mol. The second-order valence-electron chi connectivity index (χ2n) is 5.52. The first kappa shape index (κ1) is 15.4. The third-order valence-corrected chi connectivity index (χ3v) is 3.77. The zero-order valence-corrected chi connectivity index (χ0v) is 12.5. The number of hydrogen-bond acceptors (Lipinski definition) is 3. The molecule has 0 aliphatic carbocycles. The van der Waals surface area contributed by atoms with Gasteiger partial charge in [0.05, 0.1) is 12.7 Å². The summed E-state index contributed by atoms with van der Waals surface area (Å²) in [5.41, 5.74) is 1.16. The second-order valence-corrected chi connectivity index (χ2v) is 5.52. The van der Waals surface area contributed by atoms with Crippen LogP contribution in [0.15, 0.2) is 24.3 Å². The first-order valence-corrected chi connectivity index (χ1v) is 7.58. The molecule has 0 aromatic heterocycles. The van der Waals surface area contributed by atoms with Crippen LogP contribution in [0.1, 0.15) is 31.2 Å². The fourth-order valence-electron chi connectivity index (χ4n) is 2.58. The van der Waals surface area contributed by atoms with Crippen molar-refractivity contribution in [3.63, 3.8) is 0 Å². The summed E-state index contributed by atoms with van der Waals surface area (Å²) in [7, 11) is 0. The summed E-state index contributed by atoms with van der Waals surface area (Å²) in [6.45, 7) is 4.16. The van der Waals surface area contributed by atoms with Crippen LogP contribution in [0.3, 0.4) is 0 Å². The molecular formula is C17H22N2O2. The van der Waals surface area contributed by atoms with Gasteiger partial charge in [-0.15, -0.1) is 0 Å². The molecule has 1 saturated heterocycles. The average Bonchev–Trinajstić information content (AvgIpc) is 3.01. The van der Waals surface area contributed by atoms with Gasteiger partial charge in [-0.05, 0) is 50.3 Å². The van der Waals surface area contributed by atoms with Gasteiger partial charge < -0.3 is 9.64 Å². The molecule has 1 fully saturated rings. The maximum absolute atomic E-state index is 12.1. The third kappa shape index (κ3) is 4.49. The minimum absolute atomic E-state index is 0.00874. The lowest BCUT2D eigenvalue weighted by molar-refractivity contribution is -0.132. The van der Waals surface area contributed by atoms with Gasteiger partial charge in [-0.3, -0.25) is 4.79 Å². The molecule has 0 N–H and O–H groups in total. The van der Waals surface area contributed by atoms with Gasteiger partial charge in [-0.25, -0.2) is 0 Å². The summed E-state index contributed by atoms with van der Waals surface area (Å²) < 4.78 is 5.65. The van der Waals surface area contributed by atoms with Crippen LogP contribution in [0.4, 0.5) is 0 Å². The van der Waals surface area contributed by atoms with E-state index in [0.29, 0.717) is 19.4 Å². The predicted octanol–water partition coefficient (Wildman–Crippen LogP) is 2.92. The van der Waals surface area contributed by atoms with Crippen molar-refractivity contribution in [2.75, 3.05) is 19.7 Å². The Balaban J connectivity index is 1.73. The van der Waals surface area contributed by atoms with E-state index in [-0.39, 0.29) is 5.91 Å². The number of benzene rings is 1. The Labute approximate surface area is 126 Å². The number of carbonyl (C=O) groups is 1. The van der Waals surface area contributed by atoms with E-state index in [1.807, 2.05) is 36.1 Å². The molecule has 112 valence electrons. The summed E-state index contributed by atoms with van der Waals surface area (Å²) in [4.78, 5) is 14.0. The molecule has 1 aliphatic rings. The van der Waals surface area contributed by atoms with E-state index in [9.17, 15) is 10.1 Å². The second kappa shape index (κ2) is 7.68. The van der Waals surface area contributed by atoms with E-state index >= 15 is 0 Å². The maximum atomic E-state index is 12.1. The Morgan fingerprint density at radius 1 is 1.43 bits per heavy atom. The fourth-order valence-corrected chi connectivity index (χ4v) is 2.58.